The molecule has 0 radical (unpaired) electrons. The first-order chi connectivity index (χ1) is 16.5. The molecule has 0 aromatic carbocycles. The Kier molecular flexibility index (Phi) is 9.83. The zero-order valence-corrected chi connectivity index (χ0v) is 20.9. The summed E-state index contributed by atoms with van der Waals surface area (Å²) in [5.74, 6) is -2.77. The van der Waals surface area contributed by atoms with Crippen LogP contribution in [-0.4, -0.2) is 77.9 Å². The molecule has 13 nitrogen and oxygen atoms in total. The standard InChI is InChI=1S/C21H27N3O10S/c1-10(25)32-14-9-31-19(17(34-12(3)27)16(14)33-11(2)26)22-18-13(7-8-15(28)30-5)20(29)24(4)21(23-18)35-6/h7-8,14,16-17,19,22H,9H2,1-6H3/b8-7+/t14-,16+,17-,19-/m1/s1. The highest BCUT2D eigenvalue weighted by Crippen LogP contribution is 2.27. The maximum atomic E-state index is 13.0. The van der Waals surface area contributed by atoms with Crippen LogP contribution < -0.4 is 10.9 Å². The number of carbonyl (C=O) groups excluding carboxylic acids is 4. The zero-order chi connectivity index (χ0) is 26.3. The number of methoxy groups -OCH3 is 1. The minimum absolute atomic E-state index is 0.00673. The van der Waals surface area contributed by atoms with Crippen molar-refractivity contribution in [1.29, 1.82) is 0 Å². The van der Waals surface area contributed by atoms with Gasteiger partial charge in [0.1, 0.15) is 5.82 Å². The predicted octanol–water partition coefficient (Wildman–Crippen LogP) is 0.252. The third-order valence-corrected chi connectivity index (χ3v) is 5.41. The van der Waals surface area contributed by atoms with E-state index in [0.717, 1.165) is 19.9 Å². The van der Waals surface area contributed by atoms with Crippen molar-refractivity contribution >= 4 is 47.5 Å². The summed E-state index contributed by atoms with van der Waals surface area (Å²) in [5.41, 5.74) is -0.492. The Labute approximate surface area is 205 Å². The van der Waals surface area contributed by atoms with E-state index in [1.165, 1.54) is 43.5 Å². The maximum Gasteiger partial charge on any atom is 0.330 e. The molecule has 1 aliphatic rings. The molecule has 14 heteroatoms. The van der Waals surface area contributed by atoms with E-state index in [9.17, 15) is 24.0 Å². The molecular formula is C21H27N3O10S. The van der Waals surface area contributed by atoms with E-state index in [1.807, 2.05) is 0 Å². The number of nitrogens with zero attached hydrogens (tertiary/aromatic N) is 2. The van der Waals surface area contributed by atoms with Gasteiger partial charge in [-0.05, 0) is 12.3 Å². The Morgan fingerprint density at radius 3 is 2.23 bits per heavy atom. The molecule has 1 aromatic heterocycles. The largest absolute Gasteiger partial charge is 0.466 e. The number of nitrogens with one attached hydrogen (secondary N) is 1. The van der Waals surface area contributed by atoms with Crippen LogP contribution in [0.4, 0.5) is 5.82 Å². The van der Waals surface area contributed by atoms with Gasteiger partial charge in [-0.25, -0.2) is 9.78 Å². The average molecular weight is 514 g/mol. The van der Waals surface area contributed by atoms with Crippen LogP contribution in [0.5, 0.6) is 0 Å². The Hall–Kier alpha value is -3.39. The highest BCUT2D eigenvalue weighted by Gasteiger charge is 2.47. The number of esters is 4. The first-order valence-electron chi connectivity index (χ1n) is 10.3. The summed E-state index contributed by atoms with van der Waals surface area (Å²) in [6.45, 7) is 3.24. The van der Waals surface area contributed by atoms with Crippen molar-refractivity contribution in [3.05, 3.63) is 22.0 Å². The SMILES string of the molecule is COC(=O)/C=C/c1c(N[C@@H]2OC[C@@H](OC(C)=O)[C@H](OC(C)=O)[C@H]2OC(C)=O)nc(SC)n(C)c1=O. The topological polar surface area (TPSA) is 161 Å². The van der Waals surface area contributed by atoms with Crippen LogP contribution in [0.15, 0.2) is 16.0 Å². The summed E-state index contributed by atoms with van der Waals surface area (Å²) in [5, 5.41) is 3.23. The van der Waals surface area contributed by atoms with E-state index in [1.54, 1.807) is 6.26 Å². The van der Waals surface area contributed by atoms with Crippen molar-refractivity contribution in [2.75, 3.05) is 25.3 Å². The van der Waals surface area contributed by atoms with Crippen molar-refractivity contribution in [2.24, 2.45) is 7.05 Å². The van der Waals surface area contributed by atoms with Gasteiger partial charge in [0.15, 0.2) is 29.7 Å². The van der Waals surface area contributed by atoms with Crippen LogP contribution in [-0.2, 0) is 49.9 Å². The monoisotopic (exact) mass is 513 g/mol. The van der Waals surface area contributed by atoms with Crippen LogP contribution in [0.1, 0.15) is 26.3 Å². The minimum Gasteiger partial charge on any atom is -0.466 e. The number of carbonyl (C=O) groups is 4. The summed E-state index contributed by atoms with van der Waals surface area (Å²) in [4.78, 5) is 64.2. The van der Waals surface area contributed by atoms with Crippen molar-refractivity contribution in [1.82, 2.24) is 9.55 Å². The second kappa shape index (κ2) is 12.4. The lowest BCUT2D eigenvalue weighted by Gasteiger charge is -2.40. The van der Waals surface area contributed by atoms with Crippen molar-refractivity contribution in [2.45, 2.75) is 50.5 Å². The van der Waals surface area contributed by atoms with Gasteiger partial charge in [0.25, 0.3) is 5.56 Å². The fourth-order valence-electron chi connectivity index (χ4n) is 3.26. The molecule has 2 rings (SSSR count). The van der Waals surface area contributed by atoms with Crippen LogP contribution in [0.2, 0.25) is 0 Å². The van der Waals surface area contributed by atoms with Gasteiger partial charge in [-0.2, -0.15) is 0 Å². The van der Waals surface area contributed by atoms with Crippen LogP contribution >= 0.6 is 11.8 Å². The molecular weight excluding hydrogens is 486 g/mol. The van der Waals surface area contributed by atoms with Gasteiger partial charge in [0.05, 0.1) is 19.3 Å². The molecule has 0 aliphatic carbocycles. The van der Waals surface area contributed by atoms with Gasteiger partial charge in [0.2, 0.25) is 0 Å². The Morgan fingerprint density at radius 2 is 1.69 bits per heavy atom. The summed E-state index contributed by atoms with van der Waals surface area (Å²) >= 11 is 1.19. The summed E-state index contributed by atoms with van der Waals surface area (Å²) in [6.07, 6.45) is -0.739. The van der Waals surface area contributed by atoms with Crippen molar-refractivity contribution in [3.63, 3.8) is 0 Å². The second-order valence-corrected chi connectivity index (χ2v) is 8.05. The third kappa shape index (κ3) is 7.29. The lowest BCUT2D eigenvalue weighted by atomic mass is 10.0. The highest BCUT2D eigenvalue weighted by atomic mass is 32.2. The Balaban J connectivity index is 2.54. The van der Waals surface area contributed by atoms with Crippen molar-refractivity contribution in [3.8, 4) is 0 Å². The Bertz CT molecular complexity index is 1070. The molecule has 0 unspecified atom stereocenters. The predicted molar refractivity (Wildman–Crippen MR) is 122 cm³/mol. The van der Waals surface area contributed by atoms with Gasteiger partial charge in [-0.3, -0.25) is 23.7 Å². The molecule has 192 valence electrons. The fourth-order valence-corrected chi connectivity index (χ4v) is 3.80. The molecule has 4 atom stereocenters. The molecule has 0 saturated carbocycles. The fraction of sp³-hybridized carbons (Fsp3) is 0.524. The molecule has 2 heterocycles. The molecule has 1 fully saturated rings. The van der Waals surface area contributed by atoms with E-state index in [-0.39, 0.29) is 18.0 Å². The van der Waals surface area contributed by atoms with Crippen LogP contribution in [0.25, 0.3) is 6.08 Å². The minimum atomic E-state index is -1.28. The smallest absolute Gasteiger partial charge is 0.330 e. The maximum absolute atomic E-state index is 13.0. The van der Waals surface area contributed by atoms with E-state index in [0.29, 0.717) is 5.16 Å². The van der Waals surface area contributed by atoms with Crippen LogP contribution in [0.3, 0.4) is 0 Å². The van der Waals surface area contributed by atoms with E-state index in [4.69, 9.17) is 18.9 Å². The molecule has 0 amide bonds. The number of rotatable bonds is 8. The van der Waals surface area contributed by atoms with Crippen molar-refractivity contribution < 1.29 is 42.9 Å². The van der Waals surface area contributed by atoms with Gasteiger partial charge < -0.3 is 29.0 Å². The zero-order valence-electron chi connectivity index (χ0n) is 20.1. The summed E-state index contributed by atoms with van der Waals surface area (Å²) in [6, 6.07) is 0. The lowest BCUT2D eigenvalue weighted by molar-refractivity contribution is -0.221. The van der Waals surface area contributed by atoms with E-state index >= 15 is 0 Å². The summed E-state index contributed by atoms with van der Waals surface area (Å²) in [7, 11) is 2.70. The summed E-state index contributed by atoms with van der Waals surface area (Å²) < 4.78 is 27.5. The van der Waals surface area contributed by atoms with Gasteiger partial charge in [-0.1, -0.05) is 11.8 Å². The number of thioether (sulfide) groups is 1. The van der Waals surface area contributed by atoms with E-state index in [2.05, 4.69) is 15.0 Å². The molecule has 1 N–H and O–H groups in total. The number of anilines is 1. The first kappa shape index (κ1) is 27.9. The number of hydrogen-bond donors (Lipinski definition) is 1. The average Bonchev–Trinajstić information content (AvgIpc) is 2.78. The molecule has 35 heavy (non-hydrogen) atoms. The Morgan fingerprint density at radius 1 is 1.09 bits per heavy atom. The molecule has 1 saturated heterocycles. The molecule has 0 spiro atoms. The number of ether oxygens (including phenoxy) is 5. The highest BCUT2D eigenvalue weighted by molar-refractivity contribution is 7.98. The third-order valence-electron chi connectivity index (χ3n) is 4.68. The van der Waals surface area contributed by atoms with Crippen LogP contribution in [0, 0.1) is 0 Å². The normalized spacial score (nSPS) is 21.8. The molecule has 1 aromatic rings. The quantitative estimate of drug-likeness (QED) is 0.166. The number of hydrogen-bond acceptors (Lipinski definition) is 13. The number of aromatic nitrogens is 2. The lowest BCUT2D eigenvalue weighted by Crippen LogP contribution is -2.59. The van der Waals surface area contributed by atoms with E-state index < -0.39 is 54.0 Å². The van der Waals surface area contributed by atoms with Gasteiger partial charge >= 0.3 is 23.9 Å². The second-order valence-electron chi connectivity index (χ2n) is 7.28. The van der Waals surface area contributed by atoms with Gasteiger partial charge in [-0.15, -0.1) is 0 Å². The molecule has 1 aliphatic heterocycles. The van der Waals surface area contributed by atoms with Gasteiger partial charge in [0, 0.05) is 33.9 Å². The molecule has 0 bridgehead atoms. The first-order valence-corrected chi connectivity index (χ1v) is 11.5.